The lowest BCUT2D eigenvalue weighted by Gasteiger charge is -2.38. The molecule has 0 saturated carbocycles. The zero-order valence-corrected chi connectivity index (χ0v) is 16.3. The number of aliphatic hydroxyl groups is 2. The van der Waals surface area contributed by atoms with Gasteiger partial charge in [-0.3, -0.25) is 0 Å². The molecule has 2 atom stereocenters. The Labute approximate surface area is 171 Å². The molecule has 5 nitrogen and oxygen atoms in total. The van der Waals surface area contributed by atoms with Crippen LogP contribution in [0.2, 0.25) is 0 Å². The van der Waals surface area contributed by atoms with Gasteiger partial charge in [-0.25, -0.2) is 0 Å². The van der Waals surface area contributed by atoms with Crippen molar-refractivity contribution in [3.05, 3.63) is 91.0 Å². The Morgan fingerprint density at radius 2 is 0.966 bits per heavy atom. The van der Waals surface area contributed by atoms with Gasteiger partial charge in [0.15, 0.2) is 0 Å². The molecule has 5 heteroatoms. The summed E-state index contributed by atoms with van der Waals surface area (Å²) in [4.78, 5) is 1.98. The molecule has 0 bridgehead atoms. The molecule has 2 unspecified atom stereocenters. The van der Waals surface area contributed by atoms with E-state index in [1.807, 2.05) is 95.9 Å². The summed E-state index contributed by atoms with van der Waals surface area (Å²) in [7, 11) is 0. The molecule has 152 valence electrons. The number of hydrogen-bond acceptors (Lipinski definition) is 5. The highest BCUT2D eigenvalue weighted by atomic mass is 16.5. The minimum Gasteiger partial charge on any atom is -0.491 e. The number of nitrogens with zero attached hydrogens (tertiary/aromatic N) is 1. The Bertz CT molecular complexity index is 763. The van der Waals surface area contributed by atoms with Gasteiger partial charge in [-0.15, -0.1) is 0 Å². The van der Waals surface area contributed by atoms with E-state index >= 15 is 0 Å². The number of rotatable bonds is 11. The van der Waals surface area contributed by atoms with Crippen molar-refractivity contribution in [1.82, 2.24) is 0 Å². The topological polar surface area (TPSA) is 62.2 Å². The van der Waals surface area contributed by atoms with Crippen molar-refractivity contribution in [2.24, 2.45) is 0 Å². The van der Waals surface area contributed by atoms with E-state index in [9.17, 15) is 10.2 Å². The van der Waals surface area contributed by atoms with Crippen LogP contribution < -0.4 is 14.4 Å². The fraction of sp³-hybridized carbons (Fsp3) is 0.250. The first-order chi connectivity index (χ1) is 14.3. The van der Waals surface area contributed by atoms with Crippen LogP contribution >= 0.6 is 0 Å². The molecule has 0 heterocycles. The van der Waals surface area contributed by atoms with E-state index < -0.39 is 0 Å². The van der Waals surface area contributed by atoms with Gasteiger partial charge in [-0.1, -0.05) is 54.6 Å². The molecule has 0 aliphatic carbocycles. The largest absolute Gasteiger partial charge is 0.491 e. The normalized spacial score (nSPS) is 12.8. The maximum Gasteiger partial charge on any atom is 0.119 e. The Hall–Kier alpha value is -3.02. The molecule has 0 saturated heterocycles. The predicted molar refractivity (Wildman–Crippen MR) is 115 cm³/mol. The van der Waals surface area contributed by atoms with E-state index in [4.69, 9.17) is 9.47 Å². The average Bonchev–Trinajstić information content (AvgIpc) is 2.80. The van der Waals surface area contributed by atoms with Crippen LogP contribution in [0.25, 0.3) is 0 Å². The molecule has 29 heavy (non-hydrogen) atoms. The molecule has 3 aromatic carbocycles. The summed E-state index contributed by atoms with van der Waals surface area (Å²) in [5, 5.41) is 20.2. The van der Waals surface area contributed by atoms with Gasteiger partial charge >= 0.3 is 0 Å². The minimum absolute atomic E-state index is 0.121. The second-order valence-corrected chi connectivity index (χ2v) is 6.66. The molecule has 0 fully saturated rings. The molecule has 3 rings (SSSR count). The monoisotopic (exact) mass is 393 g/mol. The van der Waals surface area contributed by atoms with Crippen LogP contribution in [0.4, 0.5) is 5.69 Å². The number of hydrogen-bond donors (Lipinski definition) is 2. The molecule has 0 radical (unpaired) electrons. The van der Waals surface area contributed by atoms with Crippen LogP contribution in [0.5, 0.6) is 11.5 Å². The SMILES string of the molecule is OCC(COc1ccccc1)N(c1ccccc1)C(CO)COc1ccccc1. The minimum atomic E-state index is -0.353. The highest BCUT2D eigenvalue weighted by molar-refractivity contribution is 5.48. The lowest BCUT2D eigenvalue weighted by Crippen LogP contribution is -2.52. The molecule has 0 aliphatic rings. The van der Waals surface area contributed by atoms with Crippen LogP contribution in [0.15, 0.2) is 91.0 Å². The third-order valence-electron chi connectivity index (χ3n) is 4.63. The van der Waals surface area contributed by atoms with Gasteiger partial charge in [0.1, 0.15) is 24.7 Å². The van der Waals surface area contributed by atoms with E-state index in [1.54, 1.807) is 0 Å². The number of aliphatic hydroxyl groups excluding tert-OH is 2. The van der Waals surface area contributed by atoms with Gasteiger partial charge in [-0.2, -0.15) is 0 Å². The van der Waals surface area contributed by atoms with Gasteiger partial charge in [-0.05, 0) is 36.4 Å². The predicted octanol–water partition coefficient (Wildman–Crippen LogP) is 3.37. The first kappa shape index (κ1) is 20.7. The van der Waals surface area contributed by atoms with Crippen LogP contribution in [0.1, 0.15) is 0 Å². The summed E-state index contributed by atoms with van der Waals surface area (Å²) in [5.41, 5.74) is 0.888. The van der Waals surface area contributed by atoms with Crippen LogP contribution in [0.3, 0.4) is 0 Å². The van der Waals surface area contributed by atoms with Gasteiger partial charge in [0, 0.05) is 5.69 Å². The van der Waals surface area contributed by atoms with Crippen molar-refractivity contribution >= 4 is 5.69 Å². The van der Waals surface area contributed by atoms with Crippen molar-refractivity contribution in [1.29, 1.82) is 0 Å². The zero-order valence-electron chi connectivity index (χ0n) is 16.3. The van der Waals surface area contributed by atoms with Crippen molar-refractivity contribution < 1.29 is 19.7 Å². The molecule has 0 amide bonds. The molecular formula is C24H27NO4. The number of benzene rings is 3. The highest BCUT2D eigenvalue weighted by Crippen LogP contribution is 2.22. The number of ether oxygens (including phenoxy) is 2. The first-order valence-corrected chi connectivity index (χ1v) is 9.72. The van der Waals surface area contributed by atoms with Gasteiger partial charge in [0.2, 0.25) is 0 Å². The summed E-state index contributed by atoms with van der Waals surface area (Å²) >= 11 is 0. The molecule has 2 N–H and O–H groups in total. The number of anilines is 1. The summed E-state index contributed by atoms with van der Waals surface area (Å²) in [6.07, 6.45) is 0. The third-order valence-corrected chi connectivity index (χ3v) is 4.63. The van der Waals surface area contributed by atoms with Crippen LogP contribution in [-0.4, -0.2) is 48.7 Å². The fourth-order valence-electron chi connectivity index (χ4n) is 3.18. The van der Waals surface area contributed by atoms with E-state index in [2.05, 4.69) is 0 Å². The maximum absolute atomic E-state index is 10.1. The van der Waals surface area contributed by atoms with Crippen molar-refractivity contribution in [2.75, 3.05) is 31.3 Å². The Morgan fingerprint density at radius 3 is 1.34 bits per heavy atom. The summed E-state index contributed by atoms with van der Waals surface area (Å²) in [6, 6.07) is 28.0. The van der Waals surface area contributed by atoms with Crippen molar-refractivity contribution in [3.8, 4) is 11.5 Å². The Balaban J connectivity index is 1.77. The molecule has 3 aromatic rings. The highest BCUT2D eigenvalue weighted by Gasteiger charge is 2.27. The molecular weight excluding hydrogens is 366 g/mol. The lowest BCUT2D eigenvalue weighted by atomic mass is 10.1. The van der Waals surface area contributed by atoms with Crippen molar-refractivity contribution in [2.45, 2.75) is 12.1 Å². The zero-order chi connectivity index (χ0) is 20.3. The second kappa shape index (κ2) is 11.1. The number of para-hydroxylation sites is 3. The van der Waals surface area contributed by atoms with Crippen molar-refractivity contribution in [3.63, 3.8) is 0 Å². The first-order valence-electron chi connectivity index (χ1n) is 9.72. The molecule has 0 spiro atoms. The van der Waals surface area contributed by atoms with E-state index in [1.165, 1.54) is 0 Å². The van der Waals surface area contributed by atoms with E-state index in [0.29, 0.717) is 0 Å². The Kier molecular flexibility index (Phi) is 7.92. The smallest absolute Gasteiger partial charge is 0.119 e. The summed E-state index contributed by atoms with van der Waals surface area (Å²) in [6.45, 7) is 0.307. The summed E-state index contributed by atoms with van der Waals surface area (Å²) < 4.78 is 11.8. The Morgan fingerprint density at radius 1 is 0.586 bits per heavy atom. The van der Waals surface area contributed by atoms with E-state index in [-0.39, 0.29) is 38.5 Å². The van der Waals surface area contributed by atoms with Gasteiger partial charge in [0.25, 0.3) is 0 Å². The maximum atomic E-state index is 10.1. The fourth-order valence-corrected chi connectivity index (χ4v) is 3.18. The average molecular weight is 393 g/mol. The summed E-state index contributed by atoms with van der Waals surface area (Å²) in [5.74, 6) is 1.47. The standard InChI is InChI=1S/C24H27NO4/c26-16-21(18-28-23-12-6-2-7-13-23)25(20-10-4-1-5-11-20)22(17-27)19-29-24-14-8-3-9-15-24/h1-15,21-22,26-27H,16-19H2. The molecule has 0 aliphatic heterocycles. The van der Waals surface area contributed by atoms with Gasteiger partial charge in [0.05, 0.1) is 25.3 Å². The van der Waals surface area contributed by atoms with Crippen LogP contribution in [-0.2, 0) is 0 Å². The van der Waals surface area contributed by atoms with E-state index in [0.717, 1.165) is 17.2 Å². The molecule has 0 aromatic heterocycles. The van der Waals surface area contributed by atoms with Gasteiger partial charge < -0.3 is 24.6 Å². The van der Waals surface area contributed by atoms with Crippen LogP contribution in [0, 0.1) is 0 Å². The third kappa shape index (κ3) is 5.98. The quantitative estimate of drug-likeness (QED) is 0.523. The second-order valence-electron chi connectivity index (χ2n) is 6.66. The lowest BCUT2D eigenvalue weighted by molar-refractivity contribution is 0.156.